The number of benzene rings is 2. The van der Waals surface area contributed by atoms with Gasteiger partial charge in [-0.05, 0) is 31.5 Å². The summed E-state index contributed by atoms with van der Waals surface area (Å²) in [6.07, 6.45) is 2.50. The van der Waals surface area contributed by atoms with Crippen LogP contribution in [-0.2, 0) is 0 Å². The minimum atomic E-state index is 0.564. The third kappa shape index (κ3) is 2.40. The Labute approximate surface area is 113 Å². The molecule has 0 radical (unpaired) electrons. The third-order valence-electron chi connectivity index (χ3n) is 3.75. The van der Waals surface area contributed by atoms with E-state index in [1.165, 1.54) is 12.8 Å². The quantitative estimate of drug-likeness (QED) is 0.881. The highest BCUT2D eigenvalue weighted by atomic mass is 15.0. The number of hydrogen-bond donors (Lipinski definition) is 2. The summed E-state index contributed by atoms with van der Waals surface area (Å²) in [7, 11) is 0. The van der Waals surface area contributed by atoms with Crippen molar-refractivity contribution in [2.45, 2.75) is 18.9 Å². The van der Waals surface area contributed by atoms with Gasteiger partial charge < -0.3 is 10.6 Å². The number of nitriles is 1. The van der Waals surface area contributed by atoms with E-state index < -0.39 is 0 Å². The Balaban J connectivity index is 1.89. The van der Waals surface area contributed by atoms with Gasteiger partial charge in [0.2, 0.25) is 0 Å². The molecule has 1 fully saturated rings. The molecule has 1 aliphatic rings. The summed E-state index contributed by atoms with van der Waals surface area (Å²) in [6.45, 7) is 2.07. The van der Waals surface area contributed by atoms with Crippen LogP contribution in [-0.4, -0.2) is 19.1 Å². The van der Waals surface area contributed by atoms with Crippen molar-refractivity contribution in [1.29, 1.82) is 5.26 Å². The molecule has 19 heavy (non-hydrogen) atoms. The van der Waals surface area contributed by atoms with Gasteiger partial charge in [-0.25, -0.2) is 0 Å². The standard InChI is InChI=1S/C16H17N3/c17-10-12-7-8-16(15-6-2-1-5-14(12)15)19-11-13-4-3-9-18-13/h1-2,5-8,13,18-19H,3-4,9,11H2. The molecule has 3 heteroatoms. The Morgan fingerprint density at radius 2 is 2.05 bits per heavy atom. The van der Waals surface area contributed by atoms with Gasteiger partial charge >= 0.3 is 0 Å². The fourth-order valence-corrected chi connectivity index (χ4v) is 2.71. The van der Waals surface area contributed by atoms with E-state index in [0.29, 0.717) is 6.04 Å². The molecule has 1 unspecified atom stereocenters. The van der Waals surface area contributed by atoms with E-state index in [2.05, 4.69) is 22.8 Å². The molecule has 0 saturated carbocycles. The van der Waals surface area contributed by atoms with Crippen LogP contribution < -0.4 is 10.6 Å². The Kier molecular flexibility index (Phi) is 3.35. The summed E-state index contributed by atoms with van der Waals surface area (Å²) in [6, 6.07) is 14.8. The molecule has 1 aliphatic heterocycles. The molecule has 0 bridgehead atoms. The summed E-state index contributed by atoms with van der Waals surface area (Å²) in [4.78, 5) is 0. The lowest BCUT2D eigenvalue weighted by Crippen LogP contribution is -2.29. The van der Waals surface area contributed by atoms with Gasteiger partial charge in [0, 0.05) is 29.0 Å². The number of rotatable bonds is 3. The highest BCUT2D eigenvalue weighted by Gasteiger charge is 2.14. The van der Waals surface area contributed by atoms with Crippen molar-refractivity contribution in [3.8, 4) is 6.07 Å². The second-order valence-corrected chi connectivity index (χ2v) is 4.99. The first-order chi connectivity index (χ1) is 9.38. The molecule has 3 rings (SSSR count). The molecule has 3 nitrogen and oxygen atoms in total. The average Bonchev–Trinajstić information content (AvgIpc) is 2.98. The van der Waals surface area contributed by atoms with E-state index in [1.54, 1.807) is 0 Å². The zero-order valence-corrected chi connectivity index (χ0v) is 10.8. The fourth-order valence-electron chi connectivity index (χ4n) is 2.71. The normalized spacial score (nSPS) is 18.4. The van der Waals surface area contributed by atoms with Gasteiger partial charge in [0.25, 0.3) is 0 Å². The molecule has 0 amide bonds. The Morgan fingerprint density at radius 1 is 1.21 bits per heavy atom. The molecule has 1 atom stereocenters. The molecule has 0 spiro atoms. The molecular formula is C16H17N3. The summed E-state index contributed by atoms with van der Waals surface area (Å²) in [5.74, 6) is 0. The van der Waals surface area contributed by atoms with Gasteiger partial charge in [0.05, 0.1) is 11.6 Å². The van der Waals surface area contributed by atoms with Crippen LogP contribution in [0.15, 0.2) is 36.4 Å². The SMILES string of the molecule is N#Cc1ccc(NCC2CCCN2)c2ccccc12. The zero-order chi connectivity index (χ0) is 13.1. The number of anilines is 1. The molecule has 2 aromatic rings. The first kappa shape index (κ1) is 12.0. The van der Waals surface area contributed by atoms with E-state index in [1.807, 2.05) is 30.3 Å². The van der Waals surface area contributed by atoms with Crippen molar-refractivity contribution >= 4 is 16.5 Å². The Hall–Kier alpha value is -2.05. The number of hydrogen-bond acceptors (Lipinski definition) is 3. The number of fused-ring (bicyclic) bond motifs is 1. The topological polar surface area (TPSA) is 47.9 Å². The van der Waals surface area contributed by atoms with Gasteiger partial charge in [-0.1, -0.05) is 24.3 Å². The molecule has 2 aromatic carbocycles. The predicted molar refractivity (Wildman–Crippen MR) is 78.2 cm³/mol. The van der Waals surface area contributed by atoms with Crippen LogP contribution in [0.25, 0.3) is 10.8 Å². The minimum absolute atomic E-state index is 0.564. The van der Waals surface area contributed by atoms with Crippen LogP contribution in [0.1, 0.15) is 18.4 Å². The van der Waals surface area contributed by atoms with E-state index in [9.17, 15) is 0 Å². The van der Waals surface area contributed by atoms with E-state index in [0.717, 1.165) is 35.1 Å². The van der Waals surface area contributed by atoms with Crippen molar-refractivity contribution < 1.29 is 0 Å². The first-order valence-corrected chi connectivity index (χ1v) is 6.77. The average molecular weight is 251 g/mol. The fraction of sp³-hybridized carbons (Fsp3) is 0.312. The maximum atomic E-state index is 9.15. The highest BCUT2D eigenvalue weighted by molar-refractivity contribution is 5.97. The predicted octanol–water partition coefficient (Wildman–Crippen LogP) is 2.88. The molecule has 1 saturated heterocycles. The second-order valence-electron chi connectivity index (χ2n) is 4.99. The molecule has 0 aliphatic carbocycles. The largest absolute Gasteiger partial charge is 0.383 e. The molecular weight excluding hydrogens is 234 g/mol. The first-order valence-electron chi connectivity index (χ1n) is 6.77. The van der Waals surface area contributed by atoms with Crippen LogP contribution in [0.2, 0.25) is 0 Å². The van der Waals surface area contributed by atoms with Crippen molar-refractivity contribution in [2.75, 3.05) is 18.4 Å². The summed E-state index contributed by atoms with van der Waals surface area (Å²) < 4.78 is 0. The molecule has 0 aromatic heterocycles. The maximum absolute atomic E-state index is 9.15. The highest BCUT2D eigenvalue weighted by Crippen LogP contribution is 2.26. The lowest BCUT2D eigenvalue weighted by molar-refractivity contribution is 0.634. The van der Waals surface area contributed by atoms with Crippen molar-refractivity contribution in [3.05, 3.63) is 42.0 Å². The van der Waals surface area contributed by atoms with Crippen molar-refractivity contribution in [2.24, 2.45) is 0 Å². The molecule has 96 valence electrons. The Bertz CT molecular complexity index is 621. The van der Waals surface area contributed by atoms with E-state index in [-0.39, 0.29) is 0 Å². The molecule has 2 N–H and O–H groups in total. The van der Waals surface area contributed by atoms with Crippen molar-refractivity contribution in [1.82, 2.24) is 5.32 Å². The molecule has 1 heterocycles. The van der Waals surface area contributed by atoms with Gasteiger partial charge in [0.15, 0.2) is 0 Å². The summed E-state index contributed by atoms with van der Waals surface area (Å²) >= 11 is 0. The smallest absolute Gasteiger partial charge is 0.0998 e. The van der Waals surface area contributed by atoms with Gasteiger partial charge in [0.1, 0.15) is 0 Å². The number of nitrogens with zero attached hydrogens (tertiary/aromatic N) is 1. The van der Waals surface area contributed by atoms with Gasteiger partial charge in [-0.3, -0.25) is 0 Å². The number of nitrogens with one attached hydrogen (secondary N) is 2. The van der Waals surface area contributed by atoms with Crippen molar-refractivity contribution in [3.63, 3.8) is 0 Å². The van der Waals surface area contributed by atoms with Gasteiger partial charge in [-0.15, -0.1) is 0 Å². The minimum Gasteiger partial charge on any atom is -0.383 e. The lowest BCUT2D eigenvalue weighted by Gasteiger charge is -2.14. The van der Waals surface area contributed by atoms with Crippen LogP contribution in [0.4, 0.5) is 5.69 Å². The Morgan fingerprint density at radius 3 is 2.79 bits per heavy atom. The van der Waals surface area contributed by atoms with E-state index >= 15 is 0 Å². The van der Waals surface area contributed by atoms with Gasteiger partial charge in [-0.2, -0.15) is 5.26 Å². The summed E-state index contributed by atoms with van der Waals surface area (Å²) in [5.41, 5.74) is 1.85. The zero-order valence-electron chi connectivity index (χ0n) is 10.8. The second kappa shape index (κ2) is 5.29. The van der Waals surface area contributed by atoms with E-state index in [4.69, 9.17) is 5.26 Å². The van der Waals surface area contributed by atoms with Crippen LogP contribution in [0.5, 0.6) is 0 Å². The summed E-state index contributed by atoms with van der Waals surface area (Å²) in [5, 5.41) is 18.3. The monoisotopic (exact) mass is 251 g/mol. The maximum Gasteiger partial charge on any atom is 0.0998 e. The van der Waals surface area contributed by atoms with Crippen LogP contribution in [0, 0.1) is 11.3 Å². The third-order valence-corrected chi connectivity index (χ3v) is 3.75. The lowest BCUT2D eigenvalue weighted by atomic mass is 10.0. The van der Waals surface area contributed by atoms with Crippen LogP contribution in [0.3, 0.4) is 0 Å². The van der Waals surface area contributed by atoms with Crippen LogP contribution >= 0.6 is 0 Å².